The van der Waals surface area contributed by atoms with Gasteiger partial charge in [0.05, 0.1) is 17.2 Å². The summed E-state index contributed by atoms with van der Waals surface area (Å²) in [5, 5.41) is 21.8. The molecule has 0 unspecified atom stereocenters. The molecule has 0 atom stereocenters. The van der Waals surface area contributed by atoms with E-state index in [1.807, 2.05) is 65.9 Å². The van der Waals surface area contributed by atoms with Crippen LogP contribution in [0.3, 0.4) is 0 Å². The van der Waals surface area contributed by atoms with E-state index in [9.17, 15) is 15.2 Å². The Morgan fingerprint density at radius 1 is 0.872 bits per heavy atom. The molecule has 4 aromatic rings. The summed E-state index contributed by atoms with van der Waals surface area (Å²) < 4.78 is 0. The second-order valence-electron chi connectivity index (χ2n) is 13.6. The zero-order valence-electron chi connectivity index (χ0n) is 29.6. The fourth-order valence-electron chi connectivity index (χ4n) is 5.79. The molecular weight excluding hydrogens is 757 g/mol. The summed E-state index contributed by atoms with van der Waals surface area (Å²) in [5.41, 5.74) is 5.53. The Bertz CT molecular complexity index is 1690. The van der Waals surface area contributed by atoms with Gasteiger partial charge in [0.25, 0.3) is 0 Å². The van der Waals surface area contributed by atoms with Gasteiger partial charge < -0.3 is 5.11 Å². The first-order valence-corrected chi connectivity index (χ1v) is 16.7. The van der Waals surface area contributed by atoms with Crippen molar-refractivity contribution in [2.24, 2.45) is 11.8 Å². The summed E-state index contributed by atoms with van der Waals surface area (Å²) in [5.74, 6) is 0.547. The third kappa shape index (κ3) is 9.96. The molecule has 1 heterocycles. The van der Waals surface area contributed by atoms with Crippen molar-refractivity contribution < 1.29 is 30.0 Å². The number of aliphatic hydroxyl groups is 1. The average Bonchev–Trinajstić information content (AvgIpc) is 3.05. The largest absolute Gasteiger partial charge is 0.512 e. The number of pyridine rings is 1. The van der Waals surface area contributed by atoms with E-state index in [1.165, 1.54) is 17.0 Å². The van der Waals surface area contributed by atoms with Gasteiger partial charge in [-0.3, -0.25) is 9.78 Å². The number of hydrogen-bond acceptors (Lipinski definition) is 4. The number of aliphatic hydroxyl groups excluding tert-OH is 1. The summed E-state index contributed by atoms with van der Waals surface area (Å²) in [6, 6.07) is 29.0. The van der Waals surface area contributed by atoms with Crippen LogP contribution in [0.4, 0.5) is 0 Å². The van der Waals surface area contributed by atoms with Gasteiger partial charge in [0.15, 0.2) is 5.78 Å². The monoisotopic (exact) mass is 808 g/mol. The van der Waals surface area contributed by atoms with E-state index in [1.54, 1.807) is 0 Å². The molecule has 0 aliphatic heterocycles. The molecular formula is C42H51IrN2O2-. The van der Waals surface area contributed by atoms with Gasteiger partial charge in [-0.05, 0) is 61.6 Å². The third-order valence-corrected chi connectivity index (χ3v) is 8.88. The number of nitriles is 1. The molecule has 47 heavy (non-hydrogen) atoms. The van der Waals surface area contributed by atoms with Gasteiger partial charge in [-0.1, -0.05) is 114 Å². The van der Waals surface area contributed by atoms with Gasteiger partial charge in [-0.25, -0.2) is 0 Å². The van der Waals surface area contributed by atoms with E-state index >= 15 is 0 Å². The van der Waals surface area contributed by atoms with Crippen molar-refractivity contribution in [1.29, 1.82) is 5.26 Å². The Morgan fingerprint density at radius 3 is 2.00 bits per heavy atom. The van der Waals surface area contributed by atoms with Crippen molar-refractivity contribution in [3.05, 3.63) is 102 Å². The fourth-order valence-corrected chi connectivity index (χ4v) is 5.79. The number of ketones is 1. The van der Waals surface area contributed by atoms with Gasteiger partial charge in [-0.15, -0.1) is 29.1 Å². The van der Waals surface area contributed by atoms with E-state index in [0.29, 0.717) is 0 Å². The summed E-state index contributed by atoms with van der Waals surface area (Å²) in [6.45, 7) is 18.7. The Balaban J connectivity index is 0.000000410. The van der Waals surface area contributed by atoms with Crippen molar-refractivity contribution in [1.82, 2.24) is 4.98 Å². The minimum absolute atomic E-state index is 0. The molecule has 0 aliphatic carbocycles. The minimum Gasteiger partial charge on any atom is -0.512 e. The van der Waals surface area contributed by atoms with Crippen molar-refractivity contribution >= 4 is 16.6 Å². The van der Waals surface area contributed by atoms with Gasteiger partial charge in [0, 0.05) is 49.9 Å². The van der Waals surface area contributed by atoms with Crippen molar-refractivity contribution in [2.45, 2.75) is 98.8 Å². The number of aromatic nitrogens is 1. The molecule has 0 saturated heterocycles. The molecule has 1 aromatic heterocycles. The first-order chi connectivity index (χ1) is 21.8. The first kappa shape index (κ1) is 39.6. The molecule has 4 nitrogen and oxygen atoms in total. The number of fused-ring (bicyclic) bond motifs is 1. The van der Waals surface area contributed by atoms with Crippen LogP contribution in [0.2, 0.25) is 0 Å². The molecule has 0 bridgehead atoms. The van der Waals surface area contributed by atoms with Crippen LogP contribution in [-0.2, 0) is 35.7 Å². The quantitative estimate of drug-likeness (QED) is 0.0984. The Morgan fingerprint density at radius 2 is 1.45 bits per heavy atom. The summed E-state index contributed by atoms with van der Waals surface area (Å²) >= 11 is 0. The number of rotatable bonds is 10. The second-order valence-corrected chi connectivity index (χ2v) is 13.6. The standard InChI is InChI=1S/C29H27N2.C13H24O2.Ir/c1-28(2,3)25-16-22(15-21-13-9-10-14-23(21)25)27-17-24(20-11-7-6-8-12-20)26(18-31-27)29(4,5)19-30;1-5-10(6-2)12(14)9-13(15)11(7-3)8-4;/h6-14,16-18H,1-5H3;9-11,14H,5-8H2,1-4H3;/q-1;;/b;12-9-;. The molecule has 1 radical (unpaired) electrons. The number of benzene rings is 3. The van der Waals surface area contributed by atoms with E-state index in [-0.39, 0.29) is 48.9 Å². The molecule has 0 fully saturated rings. The Kier molecular flexibility index (Phi) is 14.8. The fraction of sp³-hybridized carbons (Fsp3) is 0.405. The smallest absolute Gasteiger partial charge is 0.162 e. The Labute approximate surface area is 296 Å². The number of nitrogens with zero attached hydrogens (tertiary/aromatic N) is 2. The number of carbonyl (C=O) groups excluding carboxylic acids is 1. The molecule has 0 saturated carbocycles. The van der Waals surface area contributed by atoms with Crippen LogP contribution in [0, 0.1) is 29.2 Å². The predicted molar refractivity (Wildman–Crippen MR) is 193 cm³/mol. The predicted octanol–water partition coefficient (Wildman–Crippen LogP) is 11.3. The topological polar surface area (TPSA) is 74.0 Å². The number of carbonyl (C=O) groups is 1. The molecule has 5 heteroatoms. The van der Waals surface area contributed by atoms with Crippen LogP contribution in [0.1, 0.15) is 99.1 Å². The normalized spacial score (nSPS) is 11.9. The second kappa shape index (κ2) is 17.5. The Hall–Kier alpha value is -3.58. The van der Waals surface area contributed by atoms with Crippen LogP contribution in [0.5, 0.6) is 0 Å². The van der Waals surface area contributed by atoms with E-state index < -0.39 is 5.41 Å². The number of allylic oxidation sites excluding steroid dienone is 2. The SMILES string of the molecule is CC(C)(C)c1cc(-c2cc(-c3ccccc3)c(C(C)(C)C#N)cn2)[c-]c2ccccc12.CCC(CC)C(=O)/C=C(\O)C(CC)CC.[Ir]. The summed E-state index contributed by atoms with van der Waals surface area (Å²) in [7, 11) is 0. The molecule has 3 aromatic carbocycles. The molecule has 0 aliphatic rings. The summed E-state index contributed by atoms with van der Waals surface area (Å²) in [4.78, 5) is 16.5. The zero-order chi connectivity index (χ0) is 34.1. The van der Waals surface area contributed by atoms with Crippen molar-refractivity contribution in [2.75, 3.05) is 0 Å². The van der Waals surface area contributed by atoms with Gasteiger partial charge in [-0.2, -0.15) is 5.26 Å². The minimum atomic E-state index is -0.639. The average molecular weight is 808 g/mol. The molecule has 251 valence electrons. The number of hydrogen-bond donors (Lipinski definition) is 1. The first-order valence-electron chi connectivity index (χ1n) is 16.7. The van der Waals surface area contributed by atoms with Gasteiger partial charge in [0.2, 0.25) is 0 Å². The summed E-state index contributed by atoms with van der Waals surface area (Å²) in [6.07, 6.45) is 6.77. The van der Waals surface area contributed by atoms with E-state index in [2.05, 4.69) is 81.4 Å². The maximum absolute atomic E-state index is 11.7. The van der Waals surface area contributed by atoms with E-state index in [4.69, 9.17) is 4.98 Å². The zero-order valence-corrected chi connectivity index (χ0v) is 32.0. The van der Waals surface area contributed by atoms with Crippen LogP contribution >= 0.6 is 0 Å². The maximum Gasteiger partial charge on any atom is 0.162 e. The molecule has 4 rings (SSSR count). The molecule has 1 N–H and O–H groups in total. The molecule has 0 spiro atoms. The third-order valence-electron chi connectivity index (χ3n) is 8.88. The van der Waals surface area contributed by atoms with Crippen molar-refractivity contribution in [3.63, 3.8) is 0 Å². The van der Waals surface area contributed by atoms with Gasteiger partial charge >= 0.3 is 0 Å². The van der Waals surface area contributed by atoms with Gasteiger partial charge in [0.1, 0.15) is 0 Å². The van der Waals surface area contributed by atoms with Crippen LogP contribution in [0.15, 0.2) is 84.8 Å². The maximum atomic E-state index is 11.7. The molecule has 0 amide bonds. The van der Waals surface area contributed by atoms with Crippen molar-refractivity contribution in [3.8, 4) is 28.5 Å². The van der Waals surface area contributed by atoms with Crippen LogP contribution in [-0.4, -0.2) is 15.9 Å². The van der Waals surface area contributed by atoms with Crippen LogP contribution in [0.25, 0.3) is 33.2 Å². The van der Waals surface area contributed by atoms with Crippen LogP contribution < -0.4 is 0 Å². The van der Waals surface area contributed by atoms with E-state index in [0.717, 1.165) is 59.0 Å².